The lowest BCUT2D eigenvalue weighted by molar-refractivity contribution is 0.0429. The van der Waals surface area contributed by atoms with Crippen molar-refractivity contribution < 1.29 is 9.13 Å². The van der Waals surface area contributed by atoms with E-state index in [1.165, 1.54) is 4.57 Å². The van der Waals surface area contributed by atoms with Gasteiger partial charge in [-0.1, -0.05) is 23.7 Å². The minimum absolute atomic E-state index is 0.00510. The van der Waals surface area contributed by atoms with Crippen LogP contribution in [-0.2, 0) is 17.8 Å². The van der Waals surface area contributed by atoms with Gasteiger partial charge in [0, 0.05) is 29.7 Å². The highest BCUT2D eigenvalue weighted by Gasteiger charge is 2.16. The molecule has 44 heavy (non-hydrogen) atoms. The molecule has 0 saturated carbocycles. The summed E-state index contributed by atoms with van der Waals surface area (Å²) in [7, 11) is 0. The molecule has 0 spiro atoms. The summed E-state index contributed by atoms with van der Waals surface area (Å²) < 4.78 is 22.5. The van der Waals surface area contributed by atoms with Crippen molar-refractivity contribution in [2.75, 3.05) is 13.1 Å². The summed E-state index contributed by atoms with van der Waals surface area (Å²) in [6.45, 7) is 2.85. The predicted octanol–water partition coefficient (Wildman–Crippen LogP) is 2.67. The highest BCUT2D eigenvalue weighted by molar-refractivity contribution is 6.31. The lowest BCUT2D eigenvalue weighted by Gasteiger charge is -2.15. The van der Waals surface area contributed by atoms with Crippen LogP contribution in [0.3, 0.4) is 0 Å². The molecule has 2 unspecified atom stereocenters. The number of aromatic nitrogens is 3. The molecule has 0 fully saturated rings. The Morgan fingerprint density at radius 3 is 2.48 bits per heavy atom. The molecular weight excluding hydrogens is 587 g/mol. The monoisotopic (exact) mass is 624 g/mol. The first-order chi connectivity index (χ1) is 21.0. The SMILES string of the molecule is CC(N)CCCc1cc(Cl)c(F)c(-c2cc3cn(-c4ccc(COC(CCN=C(N)N)CN=C(N)N)cc4)c(=O)nc3[nH]2)c1. The Morgan fingerprint density at radius 2 is 1.80 bits per heavy atom. The minimum atomic E-state index is -0.543. The number of aryl methyl sites for hydroxylation is 1. The Balaban J connectivity index is 1.51. The van der Waals surface area contributed by atoms with Gasteiger partial charge in [-0.3, -0.25) is 14.6 Å². The number of fused-ring (bicyclic) bond motifs is 1. The van der Waals surface area contributed by atoms with E-state index in [4.69, 9.17) is 45.0 Å². The Labute approximate surface area is 259 Å². The molecule has 0 saturated heterocycles. The molecule has 0 radical (unpaired) electrons. The molecule has 2 heterocycles. The van der Waals surface area contributed by atoms with Crippen LogP contribution in [0.1, 0.15) is 37.3 Å². The number of hydrogen-bond donors (Lipinski definition) is 6. The first kappa shape index (κ1) is 32.5. The molecule has 2 aromatic carbocycles. The van der Waals surface area contributed by atoms with Crippen molar-refractivity contribution in [3.8, 4) is 16.9 Å². The van der Waals surface area contributed by atoms with E-state index < -0.39 is 11.5 Å². The van der Waals surface area contributed by atoms with Gasteiger partial charge in [-0.05, 0) is 74.1 Å². The van der Waals surface area contributed by atoms with E-state index in [1.54, 1.807) is 36.5 Å². The van der Waals surface area contributed by atoms with Gasteiger partial charge in [0.15, 0.2) is 17.7 Å². The molecule has 4 aromatic rings. The van der Waals surface area contributed by atoms with Crippen LogP contribution in [0.25, 0.3) is 28.0 Å². The molecule has 234 valence electrons. The summed E-state index contributed by atoms with van der Waals surface area (Å²) in [6, 6.07) is 12.5. The van der Waals surface area contributed by atoms with Crippen molar-refractivity contribution in [1.82, 2.24) is 14.5 Å². The number of aromatic amines is 1. The molecule has 0 bridgehead atoms. The van der Waals surface area contributed by atoms with E-state index in [0.717, 1.165) is 24.0 Å². The van der Waals surface area contributed by atoms with Gasteiger partial charge in [0.05, 0.1) is 35.7 Å². The van der Waals surface area contributed by atoms with E-state index in [0.29, 0.717) is 47.4 Å². The van der Waals surface area contributed by atoms with Crippen molar-refractivity contribution in [3.63, 3.8) is 0 Å². The molecule has 2 atom stereocenters. The number of nitrogens with two attached hydrogens (primary N) is 5. The first-order valence-electron chi connectivity index (χ1n) is 14.2. The van der Waals surface area contributed by atoms with E-state index in [1.807, 2.05) is 19.1 Å². The van der Waals surface area contributed by atoms with Crippen LogP contribution in [0, 0.1) is 5.82 Å². The van der Waals surface area contributed by atoms with E-state index in [9.17, 15) is 4.79 Å². The molecule has 12 nitrogen and oxygen atoms in total. The number of benzene rings is 2. The largest absolute Gasteiger partial charge is 0.372 e. The number of guanidine groups is 2. The molecule has 14 heteroatoms. The number of nitrogens with zero attached hydrogens (tertiary/aromatic N) is 4. The normalized spacial score (nSPS) is 12.6. The summed E-state index contributed by atoms with van der Waals surface area (Å²) in [5.74, 6) is -0.584. The van der Waals surface area contributed by atoms with Crippen molar-refractivity contribution in [2.24, 2.45) is 38.7 Å². The van der Waals surface area contributed by atoms with Crippen LogP contribution in [0.5, 0.6) is 0 Å². The number of hydrogen-bond acceptors (Lipinski definition) is 6. The second kappa shape index (κ2) is 14.8. The third-order valence-corrected chi connectivity index (χ3v) is 7.21. The van der Waals surface area contributed by atoms with Gasteiger partial charge >= 0.3 is 5.69 Å². The fourth-order valence-electron chi connectivity index (χ4n) is 4.68. The highest BCUT2D eigenvalue weighted by Crippen LogP contribution is 2.31. The summed E-state index contributed by atoms with van der Waals surface area (Å²) in [5.41, 5.74) is 30.6. The van der Waals surface area contributed by atoms with Gasteiger partial charge in [-0.15, -0.1) is 0 Å². The lowest BCUT2D eigenvalue weighted by atomic mass is 10.0. The van der Waals surface area contributed by atoms with E-state index >= 15 is 4.39 Å². The van der Waals surface area contributed by atoms with Crippen LogP contribution in [0.4, 0.5) is 4.39 Å². The molecule has 11 N–H and O–H groups in total. The minimum Gasteiger partial charge on any atom is -0.372 e. The van der Waals surface area contributed by atoms with Crippen LogP contribution >= 0.6 is 11.6 Å². The van der Waals surface area contributed by atoms with Crippen LogP contribution < -0.4 is 34.4 Å². The maximum Gasteiger partial charge on any atom is 0.354 e. The average Bonchev–Trinajstić information content (AvgIpc) is 3.38. The maximum atomic E-state index is 15.1. The quantitative estimate of drug-likeness (QED) is 0.0903. The zero-order valence-corrected chi connectivity index (χ0v) is 25.2. The number of nitrogens with one attached hydrogen (secondary N) is 1. The van der Waals surface area contributed by atoms with Gasteiger partial charge in [0.25, 0.3) is 0 Å². The second-order valence-corrected chi connectivity index (χ2v) is 11.1. The Morgan fingerprint density at radius 1 is 1.07 bits per heavy atom. The molecule has 0 aliphatic heterocycles. The van der Waals surface area contributed by atoms with Crippen molar-refractivity contribution in [2.45, 2.75) is 51.4 Å². The standard InChI is InChI=1S/C30H38ClFN10O2/c1-17(33)3-2-4-19-11-23(26(32)24(31)12-19)25-13-20-15-42(30(43)41-27(20)40-25)21-7-5-18(6-8-21)16-44-22(14-39-29(36)37)9-10-38-28(34)35/h5-8,11-13,15,17,22H,2-4,9-10,14,16,33H2,1H3,(H4,34,35,38)(H4,36,37,39)(H,40,41,43). The first-order valence-corrected chi connectivity index (χ1v) is 14.6. The fourth-order valence-corrected chi connectivity index (χ4v) is 4.92. The number of H-pyrrole nitrogens is 1. The Hall–Kier alpha value is -4.46. The van der Waals surface area contributed by atoms with Gasteiger partial charge in [0.1, 0.15) is 5.65 Å². The summed E-state index contributed by atoms with van der Waals surface area (Å²) in [4.78, 5) is 28.2. The molecule has 0 amide bonds. The fraction of sp³-hybridized carbons (Fsp3) is 0.333. The Bertz CT molecular complexity index is 1690. The molecule has 2 aromatic heterocycles. The van der Waals surface area contributed by atoms with Crippen LogP contribution in [-0.4, -0.2) is 51.7 Å². The third-order valence-electron chi connectivity index (χ3n) is 6.93. The van der Waals surface area contributed by atoms with Crippen molar-refractivity contribution >= 4 is 34.6 Å². The smallest absolute Gasteiger partial charge is 0.354 e. The van der Waals surface area contributed by atoms with Gasteiger partial charge in [-0.2, -0.15) is 4.98 Å². The van der Waals surface area contributed by atoms with Gasteiger partial charge < -0.3 is 38.4 Å². The highest BCUT2D eigenvalue weighted by atomic mass is 35.5. The number of aliphatic imine (C=N–C) groups is 2. The van der Waals surface area contributed by atoms with Crippen molar-refractivity contribution in [1.29, 1.82) is 0 Å². The second-order valence-electron chi connectivity index (χ2n) is 10.6. The zero-order valence-electron chi connectivity index (χ0n) is 24.5. The molecule has 0 aliphatic carbocycles. The lowest BCUT2D eigenvalue weighted by Crippen LogP contribution is -2.27. The van der Waals surface area contributed by atoms with Crippen LogP contribution in [0.2, 0.25) is 5.02 Å². The third kappa shape index (κ3) is 8.78. The van der Waals surface area contributed by atoms with Crippen LogP contribution in [0.15, 0.2) is 63.4 Å². The average molecular weight is 625 g/mol. The topological polar surface area (TPSA) is 215 Å². The van der Waals surface area contributed by atoms with E-state index in [2.05, 4.69) is 20.0 Å². The molecule has 0 aliphatic rings. The number of ether oxygens (including phenoxy) is 1. The number of halogens is 2. The van der Waals surface area contributed by atoms with Crippen molar-refractivity contribution in [3.05, 3.63) is 81.1 Å². The maximum absolute atomic E-state index is 15.1. The van der Waals surface area contributed by atoms with E-state index in [-0.39, 0.29) is 42.2 Å². The summed E-state index contributed by atoms with van der Waals surface area (Å²) >= 11 is 6.23. The molecular formula is C30H38ClFN10O2. The van der Waals surface area contributed by atoms with Gasteiger partial charge in [-0.25, -0.2) is 9.18 Å². The Kier molecular flexibility index (Phi) is 10.9. The summed E-state index contributed by atoms with van der Waals surface area (Å²) in [5, 5.41) is 0.665. The zero-order chi connectivity index (χ0) is 31.8. The predicted molar refractivity (Wildman–Crippen MR) is 173 cm³/mol. The van der Waals surface area contributed by atoms with Gasteiger partial charge in [0.2, 0.25) is 0 Å². The molecule has 4 rings (SSSR count). The summed E-state index contributed by atoms with van der Waals surface area (Å²) in [6.07, 6.45) is 4.29. The number of rotatable bonds is 14.